The van der Waals surface area contributed by atoms with Gasteiger partial charge in [0.2, 0.25) is 0 Å². The number of carbonyl (C=O) groups excluding carboxylic acids is 2. The molecule has 0 saturated carbocycles. The number of nitrogens with zero attached hydrogens (tertiary/aromatic N) is 1. The van der Waals surface area contributed by atoms with Crippen LogP contribution in [-0.2, 0) is 19.6 Å². The molecule has 0 unspecified atom stereocenters. The number of halogens is 3. The normalized spacial score (nSPS) is 11.7. The molecule has 12 heteroatoms. The Bertz CT molecular complexity index is 1370. The van der Waals surface area contributed by atoms with Crippen LogP contribution in [0.1, 0.15) is 10.4 Å². The third kappa shape index (κ3) is 5.06. The van der Waals surface area contributed by atoms with Crippen molar-refractivity contribution < 1.29 is 40.7 Å². The van der Waals surface area contributed by atoms with Crippen molar-refractivity contribution in [3.8, 4) is 5.75 Å². The molecule has 3 aromatic carbocycles. The van der Waals surface area contributed by atoms with Crippen LogP contribution in [0.25, 0.3) is 10.8 Å². The van der Waals surface area contributed by atoms with Crippen LogP contribution < -0.4 is 14.4 Å². The molecule has 8 nitrogen and oxygen atoms in total. The summed E-state index contributed by atoms with van der Waals surface area (Å²) in [5, 5.41) is 1.08. The first-order valence-electron chi connectivity index (χ1n) is 9.58. The molecular formula is C22H19F3N2O6S. The van der Waals surface area contributed by atoms with Gasteiger partial charge in [0.1, 0.15) is 11.3 Å². The van der Waals surface area contributed by atoms with Crippen molar-refractivity contribution in [2.75, 3.05) is 30.8 Å². The number of esters is 2. The average molecular weight is 496 g/mol. The number of ether oxygens (including phenoxy) is 2. The lowest BCUT2D eigenvalue weighted by molar-refractivity contribution is -0.189. The van der Waals surface area contributed by atoms with Gasteiger partial charge in [-0.3, -0.25) is 4.72 Å². The van der Waals surface area contributed by atoms with Gasteiger partial charge in [-0.15, -0.1) is 0 Å². The Morgan fingerprint density at radius 3 is 2.24 bits per heavy atom. The number of alkyl halides is 3. The van der Waals surface area contributed by atoms with Crippen LogP contribution in [0.5, 0.6) is 5.75 Å². The van der Waals surface area contributed by atoms with Crippen molar-refractivity contribution in [1.29, 1.82) is 0 Å². The van der Waals surface area contributed by atoms with E-state index in [0.717, 1.165) is 31.0 Å². The summed E-state index contributed by atoms with van der Waals surface area (Å²) in [5.41, 5.74) is 0.0422. The number of hydrogen-bond acceptors (Lipinski definition) is 7. The molecule has 3 rings (SSSR count). The van der Waals surface area contributed by atoms with Gasteiger partial charge in [-0.2, -0.15) is 13.2 Å². The lowest BCUT2D eigenvalue weighted by atomic mass is 10.1. The van der Waals surface area contributed by atoms with Crippen LogP contribution in [0.2, 0.25) is 0 Å². The largest absolute Gasteiger partial charge is 0.491 e. The molecule has 34 heavy (non-hydrogen) atoms. The molecule has 3 aromatic rings. The van der Waals surface area contributed by atoms with Gasteiger partial charge in [0.05, 0.1) is 17.7 Å². The zero-order valence-corrected chi connectivity index (χ0v) is 19.0. The number of rotatable bonds is 6. The van der Waals surface area contributed by atoms with Crippen molar-refractivity contribution in [3.05, 3.63) is 60.2 Å². The Labute approximate surface area is 192 Å². The quantitative estimate of drug-likeness (QED) is 0.407. The predicted molar refractivity (Wildman–Crippen MR) is 119 cm³/mol. The van der Waals surface area contributed by atoms with Crippen molar-refractivity contribution in [2.45, 2.75) is 11.1 Å². The first-order chi connectivity index (χ1) is 15.8. The fourth-order valence-corrected chi connectivity index (χ4v) is 4.48. The molecule has 0 saturated heterocycles. The SMILES string of the molecule is COC(=O)c1ccc(NS(=O)(=O)c2cccc3c(N(C)C)cccc23)cc1OC(=O)C(F)(F)F. The summed E-state index contributed by atoms with van der Waals surface area (Å²) in [6.45, 7) is 0. The van der Waals surface area contributed by atoms with Crippen molar-refractivity contribution in [1.82, 2.24) is 0 Å². The molecule has 0 aliphatic rings. The lowest BCUT2D eigenvalue weighted by Crippen LogP contribution is -2.28. The van der Waals surface area contributed by atoms with Crippen LogP contribution in [0, 0.1) is 0 Å². The maximum absolute atomic E-state index is 13.2. The molecule has 1 N–H and O–H groups in total. The van der Waals surface area contributed by atoms with Gasteiger partial charge in [0.15, 0.2) is 0 Å². The second-order valence-electron chi connectivity index (χ2n) is 7.22. The zero-order chi connectivity index (χ0) is 25.3. The number of nitrogens with one attached hydrogen (secondary N) is 1. The molecule has 0 aliphatic carbocycles. The summed E-state index contributed by atoms with van der Waals surface area (Å²) in [6, 6.07) is 12.7. The van der Waals surface area contributed by atoms with Gasteiger partial charge in [-0.1, -0.05) is 24.3 Å². The number of sulfonamides is 1. The van der Waals surface area contributed by atoms with Crippen molar-refractivity contribution >= 4 is 44.1 Å². The molecule has 0 bridgehead atoms. The molecule has 0 heterocycles. The maximum Gasteiger partial charge on any atom is 0.491 e. The first kappa shape index (κ1) is 24.8. The van der Waals surface area contributed by atoms with Gasteiger partial charge in [-0.05, 0) is 24.3 Å². The van der Waals surface area contributed by atoms with Crippen molar-refractivity contribution in [2.24, 2.45) is 0 Å². The summed E-state index contributed by atoms with van der Waals surface area (Å²) >= 11 is 0. The molecular weight excluding hydrogens is 477 g/mol. The minimum atomic E-state index is -5.34. The van der Waals surface area contributed by atoms with Gasteiger partial charge < -0.3 is 14.4 Å². The van der Waals surface area contributed by atoms with E-state index in [1.807, 2.05) is 11.0 Å². The first-order valence-corrected chi connectivity index (χ1v) is 11.1. The summed E-state index contributed by atoms with van der Waals surface area (Å²) < 4.78 is 75.4. The standard InChI is InChI=1S/C22H19F3N2O6S/c1-27(2)17-8-4-7-15-14(17)6-5-9-19(15)34(30,31)26-13-10-11-16(20(28)32-3)18(12-13)33-21(29)22(23,24)25/h4-12,26H,1-3H3. The minimum Gasteiger partial charge on any atom is -0.465 e. The van der Waals surface area contributed by atoms with E-state index in [1.54, 1.807) is 38.4 Å². The molecule has 0 fully saturated rings. The van der Waals surface area contributed by atoms with E-state index >= 15 is 0 Å². The molecule has 0 aliphatic heterocycles. The molecule has 0 spiro atoms. The zero-order valence-electron chi connectivity index (χ0n) is 18.1. The average Bonchev–Trinajstić information content (AvgIpc) is 2.76. The van der Waals surface area contributed by atoms with E-state index in [-0.39, 0.29) is 10.6 Å². The van der Waals surface area contributed by atoms with E-state index < -0.39 is 39.5 Å². The number of anilines is 2. The Kier molecular flexibility index (Phi) is 6.73. The molecule has 0 amide bonds. The highest BCUT2D eigenvalue weighted by atomic mass is 32.2. The summed E-state index contributed by atoms with van der Waals surface area (Å²) in [4.78, 5) is 24.9. The number of methoxy groups -OCH3 is 1. The van der Waals surface area contributed by atoms with Gasteiger partial charge in [0.25, 0.3) is 10.0 Å². The summed E-state index contributed by atoms with van der Waals surface area (Å²) in [7, 11) is 0.354. The van der Waals surface area contributed by atoms with E-state index in [2.05, 4.69) is 14.2 Å². The Hall–Kier alpha value is -3.80. The molecule has 0 aromatic heterocycles. The molecule has 0 radical (unpaired) electrons. The topological polar surface area (TPSA) is 102 Å². The van der Waals surface area contributed by atoms with E-state index in [1.165, 1.54) is 6.07 Å². The third-order valence-corrected chi connectivity index (χ3v) is 6.14. The van der Waals surface area contributed by atoms with Crippen LogP contribution in [0.4, 0.5) is 24.5 Å². The van der Waals surface area contributed by atoms with E-state index in [4.69, 9.17) is 0 Å². The monoisotopic (exact) mass is 496 g/mol. The van der Waals surface area contributed by atoms with Crippen LogP contribution in [-0.4, -0.2) is 47.7 Å². The van der Waals surface area contributed by atoms with Crippen molar-refractivity contribution in [3.63, 3.8) is 0 Å². The Morgan fingerprint density at radius 2 is 1.62 bits per heavy atom. The number of benzene rings is 3. The fraction of sp³-hybridized carbons (Fsp3) is 0.182. The second-order valence-corrected chi connectivity index (χ2v) is 8.87. The summed E-state index contributed by atoms with van der Waals surface area (Å²) in [5.74, 6) is -4.48. The minimum absolute atomic E-state index is 0.0837. The van der Waals surface area contributed by atoms with Crippen LogP contribution in [0.3, 0.4) is 0 Å². The van der Waals surface area contributed by atoms with Gasteiger partial charge in [-0.25, -0.2) is 18.0 Å². The molecule has 0 atom stereocenters. The smallest absolute Gasteiger partial charge is 0.465 e. The number of fused-ring (bicyclic) bond motifs is 1. The Balaban J connectivity index is 2.05. The second kappa shape index (κ2) is 9.21. The highest BCUT2D eigenvalue weighted by Crippen LogP contribution is 2.32. The van der Waals surface area contributed by atoms with Gasteiger partial charge >= 0.3 is 18.1 Å². The highest BCUT2D eigenvalue weighted by Gasteiger charge is 2.42. The van der Waals surface area contributed by atoms with Crippen LogP contribution in [0.15, 0.2) is 59.5 Å². The number of carbonyl (C=O) groups is 2. The van der Waals surface area contributed by atoms with Crippen LogP contribution >= 0.6 is 0 Å². The molecule has 180 valence electrons. The van der Waals surface area contributed by atoms with E-state index in [0.29, 0.717) is 10.8 Å². The lowest BCUT2D eigenvalue weighted by Gasteiger charge is -2.17. The maximum atomic E-state index is 13.2. The Morgan fingerprint density at radius 1 is 0.971 bits per heavy atom. The predicted octanol–water partition coefficient (Wildman–Crippen LogP) is 3.96. The fourth-order valence-electron chi connectivity index (χ4n) is 3.21. The summed E-state index contributed by atoms with van der Waals surface area (Å²) in [6.07, 6.45) is -5.34. The van der Waals surface area contributed by atoms with E-state index in [9.17, 15) is 31.2 Å². The highest BCUT2D eigenvalue weighted by molar-refractivity contribution is 7.93. The third-order valence-electron chi connectivity index (χ3n) is 4.70. The number of hydrogen-bond donors (Lipinski definition) is 1. The van der Waals surface area contributed by atoms with Gasteiger partial charge in [0, 0.05) is 36.6 Å².